The fourth-order valence-corrected chi connectivity index (χ4v) is 4.53. The molecule has 0 atom stereocenters. The number of likely N-dealkylation sites (tertiary alicyclic amines) is 1. The number of nitrogens with one attached hydrogen (secondary N) is 1. The molecule has 166 valence electrons. The Labute approximate surface area is 187 Å². The van der Waals surface area contributed by atoms with Crippen molar-refractivity contribution in [3.63, 3.8) is 0 Å². The van der Waals surface area contributed by atoms with Gasteiger partial charge in [0.25, 0.3) is 11.1 Å². The number of rotatable bonds is 6. The van der Waals surface area contributed by atoms with Crippen molar-refractivity contribution in [1.29, 1.82) is 0 Å². The van der Waals surface area contributed by atoms with E-state index in [2.05, 4.69) is 5.32 Å². The third kappa shape index (κ3) is 5.76. The molecule has 0 radical (unpaired) electrons. The Kier molecular flexibility index (Phi) is 7.54. The Morgan fingerprint density at radius 3 is 2.42 bits per heavy atom. The first-order valence-corrected chi connectivity index (χ1v) is 11.5. The predicted molar refractivity (Wildman–Crippen MR) is 121 cm³/mol. The Morgan fingerprint density at radius 2 is 1.81 bits per heavy atom. The monoisotopic (exact) mass is 443 g/mol. The Balaban J connectivity index is 1.46. The van der Waals surface area contributed by atoms with E-state index in [0.717, 1.165) is 22.9 Å². The second kappa shape index (κ2) is 10.1. The first-order chi connectivity index (χ1) is 14.8. The van der Waals surface area contributed by atoms with Crippen LogP contribution in [0.3, 0.4) is 0 Å². The van der Waals surface area contributed by atoms with Gasteiger partial charge in [0, 0.05) is 38.0 Å². The topological polar surface area (TPSA) is 86.8 Å². The second-order valence-electron chi connectivity index (χ2n) is 8.29. The van der Waals surface area contributed by atoms with E-state index in [1.165, 1.54) is 4.90 Å². The molecule has 2 aliphatic rings. The number of aryl methyl sites for hydroxylation is 1. The highest BCUT2D eigenvalue weighted by Crippen LogP contribution is 2.32. The number of hydrogen-bond donors (Lipinski definition) is 1. The molecule has 2 aliphatic heterocycles. The van der Waals surface area contributed by atoms with Crippen LogP contribution in [0.15, 0.2) is 29.2 Å². The molecular weight excluding hydrogens is 414 g/mol. The van der Waals surface area contributed by atoms with Crippen molar-refractivity contribution in [2.75, 3.05) is 26.2 Å². The fraction of sp³-hybridized carbons (Fsp3) is 0.478. The highest BCUT2D eigenvalue weighted by molar-refractivity contribution is 8.18. The van der Waals surface area contributed by atoms with Gasteiger partial charge < -0.3 is 10.2 Å². The number of nitrogens with zero attached hydrogens (tertiary/aromatic N) is 2. The summed E-state index contributed by atoms with van der Waals surface area (Å²) in [6.45, 7) is 7.28. The van der Waals surface area contributed by atoms with E-state index in [0.29, 0.717) is 30.8 Å². The summed E-state index contributed by atoms with van der Waals surface area (Å²) in [6, 6.07) is 7.72. The first kappa shape index (κ1) is 23.1. The van der Waals surface area contributed by atoms with Crippen LogP contribution >= 0.6 is 11.8 Å². The van der Waals surface area contributed by atoms with Crippen molar-refractivity contribution in [3.05, 3.63) is 40.3 Å². The molecule has 1 N–H and O–H groups in total. The van der Waals surface area contributed by atoms with Gasteiger partial charge in [-0.05, 0) is 43.2 Å². The third-order valence-electron chi connectivity index (χ3n) is 5.55. The first-order valence-electron chi connectivity index (χ1n) is 10.6. The maximum atomic E-state index is 12.6. The van der Waals surface area contributed by atoms with Crippen LogP contribution in [0, 0.1) is 18.8 Å². The maximum Gasteiger partial charge on any atom is 0.293 e. The van der Waals surface area contributed by atoms with Gasteiger partial charge in [-0.25, -0.2) is 0 Å². The number of carbonyl (C=O) groups is 4. The lowest BCUT2D eigenvalue weighted by Gasteiger charge is -2.32. The molecule has 1 aromatic rings. The molecule has 0 saturated carbocycles. The molecule has 3 rings (SSSR count). The van der Waals surface area contributed by atoms with Crippen molar-refractivity contribution in [2.24, 2.45) is 11.8 Å². The van der Waals surface area contributed by atoms with Crippen LogP contribution in [-0.4, -0.2) is 58.9 Å². The van der Waals surface area contributed by atoms with Gasteiger partial charge in [0.2, 0.25) is 11.8 Å². The van der Waals surface area contributed by atoms with Crippen LogP contribution in [0.2, 0.25) is 0 Å². The molecule has 0 unspecified atom stereocenters. The van der Waals surface area contributed by atoms with E-state index in [4.69, 9.17) is 0 Å². The van der Waals surface area contributed by atoms with Crippen molar-refractivity contribution in [2.45, 2.75) is 33.6 Å². The molecule has 0 aromatic heterocycles. The maximum absolute atomic E-state index is 12.6. The summed E-state index contributed by atoms with van der Waals surface area (Å²) in [5, 5.41) is 2.52. The van der Waals surface area contributed by atoms with Crippen LogP contribution in [0.25, 0.3) is 6.08 Å². The van der Waals surface area contributed by atoms with Gasteiger partial charge in [-0.3, -0.25) is 24.1 Å². The molecule has 7 nitrogen and oxygen atoms in total. The zero-order chi connectivity index (χ0) is 22.5. The minimum Gasteiger partial charge on any atom is -0.354 e. The number of amides is 4. The largest absolute Gasteiger partial charge is 0.354 e. The van der Waals surface area contributed by atoms with Crippen LogP contribution in [0.5, 0.6) is 0 Å². The zero-order valence-corrected chi connectivity index (χ0v) is 19.0. The summed E-state index contributed by atoms with van der Waals surface area (Å²) in [5.74, 6) is -0.475. The average molecular weight is 444 g/mol. The Morgan fingerprint density at radius 1 is 1.16 bits per heavy atom. The number of benzene rings is 1. The predicted octanol–water partition coefficient (Wildman–Crippen LogP) is 3.04. The summed E-state index contributed by atoms with van der Waals surface area (Å²) in [4.78, 5) is 52.7. The van der Waals surface area contributed by atoms with E-state index in [1.807, 2.05) is 49.9 Å². The van der Waals surface area contributed by atoms with Crippen LogP contribution in [0.1, 0.15) is 37.8 Å². The molecule has 4 amide bonds. The molecule has 31 heavy (non-hydrogen) atoms. The van der Waals surface area contributed by atoms with Crippen molar-refractivity contribution >= 4 is 40.8 Å². The second-order valence-corrected chi connectivity index (χ2v) is 9.28. The number of carbonyl (C=O) groups excluding carboxylic acids is 4. The quantitative estimate of drug-likeness (QED) is 0.683. The molecule has 8 heteroatoms. The molecule has 1 aromatic carbocycles. The summed E-state index contributed by atoms with van der Waals surface area (Å²) < 4.78 is 0. The van der Waals surface area contributed by atoms with Gasteiger partial charge >= 0.3 is 0 Å². The molecule has 2 heterocycles. The molecule has 0 aliphatic carbocycles. The highest BCUT2D eigenvalue weighted by atomic mass is 32.2. The Hall–Kier alpha value is -2.61. The van der Waals surface area contributed by atoms with E-state index in [1.54, 1.807) is 6.08 Å². The fourth-order valence-electron chi connectivity index (χ4n) is 3.67. The number of hydrogen-bond acceptors (Lipinski definition) is 5. The summed E-state index contributed by atoms with van der Waals surface area (Å²) in [5.41, 5.74) is 1.99. The van der Waals surface area contributed by atoms with Crippen LogP contribution in [-0.2, 0) is 14.4 Å². The molecular formula is C23H29N3O4S. The highest BCUT2D eigenvalue weighted by Gasteiger charge is 2.35. The normalized spacial score (nSPS) is 18.9. The number of thioether (sulfide) groups is 1. The Bertz CT molecular complexity index is 887. The summed E-state index contributed by atoms with van der Waals surface area (Å²) >= 11 is 0.921. The minimum atomic E-state index is -0.328. The lowest BCUT2D eigenvalue weighted by atomic mass is 9.95. The van der Waals surface area contributed by atoms with Gasteiger partial charge in [-0.2, -0.15) is 0 Å². The zero-order valence-electron chi connectivity index (χ0n) is 18.2. The number of imide groups is 1. The van der Waals surface area contributed by atoms with Gasteiger partial charge in [-0.1, -0.05) is 43.7 Å². The van der Waals surface area contributed by atoms with Crippen LogP contribution < -0.4 is 5.32 Å². The van der Waals surface area contributed by atoms with Gasteiger partial charge in [0.05, 0.1) is 4.91 Å². The SMILES string of the molecule is Cc1ccc(/C=C2\SC(=O)N(CCNC(=O)C3CCN(C(=O)C(C)C)CC3)C2=O)cc1. The van der Waals surface area contributed by atoms with Crippen LogP contribution in [0.4, 0.5) is 4.79 Å². The molecule has 2 fully saturated rings. The van der Waals surface area contributed by atoms with E-state index < -0.39 is 0 Å². The van der Waals surface area contributed by atoms with Gasteiger partial charge in [0.15, 0.2) is 0 Å². The molecule has 0 spiro atoms. The summed E-state index contributed by atoms with van der Waals surface area (Å²) in [7, 11) is 0. The van der Waals surface area contributed by atoms with E-state index in [-0.39, 0.29) is 47.9 Å². The lowest BCUT2D eigenvalue weighted by Crippen LogP contribution is -2.45. The standard InChI is InChI=1S/C23H29N3O4S/c1-15(2)21(28)25-11-8-18(9-12-25)20(27)24-10-13-26-22(29)19(31-23(26)30)14-17-6-4-16(3)5-7-17/h4-7,14-15,18H,8-13H2,1-3H3,(H,24,27)/b19-14-. The molecule has 2 saturated heterocycles. The average Bonchev–Trinajstić information content (AvgIpc) is 3.02. The lowest BCUT2D eigenvalue weighted by molar-refractivity contribution is -0.138. The van der Waals surface area contributed by atoms with Crippen molar-refractivity contribution in [3.8, 4) is 0 Å². The third-order valence-corrected chi connectivity index (χ3v) is 6.46. The molecule has 0 bridgehead atoms. The van der Waals surface area contributed by atoms with Crippen molar-refractivity contribution in [1.82, 2.24) is 15.1 Å². The van der Waals surface area contributed by atoms with E-state index >= 15 is 0 Å². The minimum absolute atomic E-state index is 0.0382. The summed E-state index contributed by atoms with van der Waals surface area (Å²) in [6.07, 6.45) is 2.98. The van der Waals surface area contributed by atoms with Gasteiger partial charge in [0.1, 0.15) is 0 Å². The van der Waals surface area contributed by atoms with Crippen molar-refractivity contribution < 1.29 is 19.2 Å². The van der Waals surface area contributed by atoms with E-state index in [9.17, 15) is 19.2 Å². The smallest absolute Gasteiger partial charge is 0.293 e. The van der Waals surface area contributed by atoms with Gasteiger partial charge in [-0.15, -0.1) is 0 Å². The number of piperidine rings is 1.